The van der Waals surface area contributed by atoms with Crippen molar-refractivity contribution in [1.82, 2.24) is 20.2 Å². The van der Waals surface area contributed by atoms with E-state index >= 15 is 0 Å². The van der Waals surface area contributed by atoms with E-state index in [0.717, 1.165) is 38.4 Å². The van der Waals surface area contributed by atoms with E-state index in [1.807, 2.05) is 0 Å². The molecule has 1 aliphatic heterocycles. The number of rotatable bonds is 6. The van der Waals surface area contributed by atoms with Crippen LogP contribution in [0.1, 0.15) is 43.1 Å². The molecule has 4 rings (SSSR count). The molecule has 2 amide bonds. The number of ether oxygens (including phenoxy) is 1. The molecule has 1 aromatic rings. The monoisotopic (exact) mass is 401 g/mol. The number of nitrogens with one attached hydrogen (secondary N) is 1. The SMILES string of the molecule is CC(=O)N[C@@H]1C[C@@H]2CN(c3cncc(C(=O)N(C)C)n3)C[C@@H]2C[C@H]1OCC1CC1. The van der Waals surface area contributed by atoms with Crippen LogP contribution >= 0.6 is 0 Å². The third-order valence-electron chi connectivity index (χ3n) is 6.32. The maximum Gasteiger partial charge on any atom is 0.273 e. The number of aromatic nitrogens is 2. The average Bonchev–Trinajstić information content (AvgIpc) is 3.43. The lowest BCUT2D eigenvalue weighted by Crippen LogP contribution is -2.50. The zero-order valence-corrected chi connectivity index (χ0v) is 17.5. The smallest absolute Gasteiger partial charge is 0.273 e. The van der Waals surface area contributed by atoms with Crippen LogP contribution in [0.4, 0.5) is 5.82 Å². The minimum Gasteiger partial charge on any atom is -0.376 e. The summed E-state index contributed by atoms with van der Waals surface area (Å²) < 4.78 is 6.24. The molecule has 3 fully saturated rings. The van der Waals surface area contributed by atoms with Crippen LogP contribution < -0.4 is 10.2 Å². The van der Waals surface area contributed by atoms with Crippen LogP contribution in [0.15, 0.2) is 12.4 Å². The van der Waals surface area contributed by atoms with E-state index in [0.29, 0.717) is 23.4 Å². The van der Waals surface area contributed by atoms with Crippen molar-refractivity contribution >= 4 is 17.6 Å². The van der Waals surface area contributed by atoms with Gasteiger partial charge in [0, 0.05) is 40.7 Å². The first kappa shape index (κ1) is 20.1. The highest BCUT2D eigenvalue weighted by Gasteiger charge is 2.44. The van der Waals surface area contributed by atoms with E-state index in [9.17, 15) is 9.59 Å². The number of carbonyl (C=O) groups is 2. The second kappa shape index (κ2) is 8.26. The van der Waals surface area contributed by atoms with Crippen LogP contribution in [0.5, 0.6) is 0 Å². The number of hydrogen-bond acceptors (Lipinski definition) is 6. The first-order valence-electron chi connectivity index (χ1n) is 10.6. The minimum absolute atomic E-state index is 0.00379. The highest BCUT2D eigenvalue weighted by atomic mass is 16.5. The van der Waals surface area contributed by atoms with Gasteiger partial charge in [0.1, 0.15) is 11.5 Å². The molecule has 0 unspecified atom stereocenters. The van der Waals surface area contributed by atoms with Gasteiger partial charge in [-0.05, 0) is 43.4 Å². The fourth-order valence-electron chi connectivity index (χ4n) is 4.58. The Balaban J connectivity index is 1.45. The summed E-state index contributed by atoms with van der Waals surface area (Å²) in [6, 6.07) is 0.0696. The van der Waals surface area contributed by atoms with E-state index < -0.39 is 0 Å². The summed E-state index contributed by atoms with van der Waals surface area (Å²) in [6.45, 7) is 4.13. The first-order valence-corrected chi connectivity index (χ1v) is 10.6. The van der Waals surface area contributed by atoms with E-state index in [1.54, 1.807) is 27.2 Å². The Kier molecular flexibility index (Phi) is 5.72. The number of carbonyl (C=O) groups excluding carboxylic acids is 2. The van der Waals surface area contributed by atoms with Gasteiger partial charge in [-0.2, -0.15) is 0 Å². The standard InChI is InChI=1S/C21H31N5O3/c1-13(27)23-17-6-15-10-26(11-16(15)7-19(17)29-12-14-4-5-14)20-9-22-8-18(24-20)21(28)25(2)3/h8-9,14-17,19H,4-7,10-12H2,1-3H3,(H,23,27)/t15-,16+,17-,19-/m1/s1. The van der Waals surface area contributed by atoms with Crippen LogP contribution in [0.3, 0.4) is 0 Å². The fourth-order valence-corrected chi connectivity index (χ4v) is 4.58. The third-order valence-corrected chi connectivity index (χ3v) is 6.32. The lowest BCUT2D eigenvalue weighted by atomic mass is 9.77. The van der Waals surface area contributed by atoms with Gasteiger partial charge in [0.05, 0.1) is 24.5 Å². The minimum atomic E-state index is -0.143. The molecule has 1 aromatic heterocycles. The maximum atomic E-state index is 12.2. The van der Waals surface area contributed by atoms with Crippen LogP contribution in [-0.2, 0) is 9.53 Å². The lowest BCUT2D eigenvalue weighted by Gasteiger charge is -2.38. The molecular formula is C21H31N5O3. The number of anilines is 1. The topological polar surface area (TPSA) is 87.7 Å². The average molecular weight is 402 g/mol. The largest absolute Gasteiger partial charge is 0.376 e. The molecule has 2 saturated carbocycles. The van der Waals surface area contributed by atoms with Gasteiger partial charge in [-0.3, -0.25) is 14.6 Å². The zero-order chi connectivity index (χ0) is 20.5. The normalized spacial score (nSPS) is 28.7. The van der Waals surface area contributed by atoms with Crippen molar-refractivity contribution in [3.8, 4) is 0 Å². The molecule has 2 heterocycles. The number of hydrogen-bond donors (Lipinski definition) is 1. The molecule has 2 aliphatic carbocycles. The molecular weight excluding hydrogens is 370 g/mol. The summed E-state index contributed by atoms with van der Waals surface area (Å²) in [5, 5.41) is 3.12. The van der Waals surface area contributed by atoms with Crippen LogP contribution in [0, 0.1) is 17.8 Å². The maximum absolute atomic E-state index is 12.2. The van der Waals surface area contributed by atoms with Crippen molar-refractivity contribution in [3.63, 3.8) is 0 Å². The highest BCUT2D eigenvalue weighted by molar-refractivity contribution is 5.91. The molecule has 8 nitrogen and oxygen atoms in total. The van der Waals surface area contributed by atoms with Gasteiger partial charge in [-0.15, -0.1) is 0 Å². The van der Waals surface area contributed by atoms with Gasteiger partial charge in [-0.25, -0.2) is 4.98 Å². The lowest BCUT2D eigenvalue weighted by molar-refractivity contribution is -0.122. The van der Waals surface area contributed by atoms with Crippen LogP contribution in [0.2, 0.25) is 0 Å². The van der Waals surface area contributed by atoms with E-state index in [-0.39, 0.29) is 24.0 Å². The summed E-state index contributed by atoms with van der Waals surface area (Å²) in [6.07, 6.45) is 7.71. The second-order valence-electron chi connectivity index (χ2n) is 8.98. The predicted octanol–water partition coefficient (Wildman–Crippen LogP) is 1.32. The van der Waals surface area contributed by atoms with Crippen molar-refractivity contribution in [3.05, 3.63) is 18.1 Å². The summed E-state index contributed by atoms with van der Waals surface area (Å²) in [7, 11) is 3.43. The number of amides is 2. The molecule has 158 valence electrons. The third kappa shape index (κ3) is 4.69. The van der Waals surface area contributed by atoms with Gasteiger partial charge in [0.25, 0.3) is 5.91 Å². The van der Waals surface area contributed by atoms with Gasteiger partial charge in [0.2, 0.25) is 5.91 Å². The molecule has 0 radical (unpaired) electrons. The van der Waals surface area contributed by atoms with Crippen molar-refractivity contribution in [2.75, 3.05) is 38.7 Å². The van der Waals surface area contributed by atoms with Gasteiger partial charge in [-0.1, -0.05) is 0 Å². The quantitative estimate of drug-likeness (QED) is 0.774. The second-order valence-corrected chi connectivity index (χ2v) is 8.98. The Bertz CT molecular complexity index is 766. The Hall–Kier alpha value is -2.22. The first-order chi connectivity index (χ1) is 13.9. The van der Waals surface area contributed by atoms with E-state index in [1.165, 1.54) is 23.9 Å². The van der Waals surface area contributed by atoms with Crippen molar-refractivity contribution < 1.29 is 14.3 Å². The Labute approximate surface area is 172 Å². The van der Waals surface area contributed by atoms with Gasteiger partial charge >= 0.3 is 0 Å². The van der Waals surface area contributed by atoms with Crippen LogP contribution in [0.25, 0.3) is 0 Å². The Morgan fingerprint density at radius 3 is 2.59 bits per heavy atom. The Morgan fingerprint density at radius 2 is 1.93 bits per heavy atom. The fraction of sp³-hybridized carbons (Fsp3) is 0.714. The molecule has 1 saturated heterocycles. The Morgan fingerprint density at radius 1 is 1.21 bits per heavy atom. The van der Waals surface area contributed by atoms with E-state index in [2.05, 4.69) is 20.2 Å². The van der Waals surface area contributed by atoms with Gasteiger partial charge in [0.15, 0.2) is 0 Å². The summed E-state index contributed by atoms with van der Waals surface area (Å²) in [4.78, 5) is 36.5. The van der Waals surface area contributed by atoms with Crippen molar-refractivity contribution in [2.45, 2.75) is 44.8 Å². The van der Waals surface area contributed by atoms with Crippen molar-refractivity contribution in [1.29, 1.82) is 0 Å². The highest BCUT2D eigenvalue weighted by Crippen LogP contribution is 2.40. The predicted molar refractivity (Wildman–Crippen MR) is 109 cm³/mol. The molecule has 4 atom stereocenters. The number of fused-ring (bicyclic) bond motifs is 1. The van der Waals surface area contributed by atoms with E-state index in [4.69, 9.17) is 4.74 Å². The number of nitrogens with zero attached hydrogens (tertiary/aromatic N) is 4. The summed E-state index contributed by atoms with van der Waals surface area (Å²) >= 11 is 0. The van der Waals surface area contributed by atoms with Gasteiger partial charge < -0.3 is 19.9 Å². The van der Waals surface area contributed by atoms with Crippen molar-refractivity contribution in [2.24, 2.45) is 17.8 Å². The molecule has 29 heavy (non-hydrogen) atoms. The molecule has 0 aromatic carbocycles. The zero-order valence-electron chi connectivity index (χ0n) is 17.5. The molecule has 3 aliphatic rings. The summed E-state index contributed by atoms with van der Waals surface area (Å²) in [5.41, 5.74) is 0.365. The molecule has 0 bridgehead atoms. The molecule has 8 heteroatoms. The molecule has 1 N–H and O–H groups in total. The molecule has 0 spiro atoms. The van der Waals surface area contributed by atoms with Crippen LogP contribution in [-0.4, -0.2) is 72.6 Å². The summed E-state index contributed by atoms with van der Waals surface area (Å²) in [5.74, 6) is 2.29.